The molecule has 0 unspecified atom stereocenters. The molecule has 0 spiro atoms. The molecule has 0 saturated heterocycles. The minimum atomic E-state index is -2.65. The van der Waals surface area contributed by atoms with Crippen LogP contribution in [-0.2, 0) is 21.3 Å². The molecule has 0 N–H and O–H groups in total. The van der Waals surface area contributed by atoms with Crippen LogP contribution in [0.25, 0.3) is 0 Å². The predicted molar refractivity (Wildman–Crippen MR) is 74.9 cm³/mol. The summed E-state index contributed by atoms with van der Waals surface area (Å²) in [6.45, 7) is 1.97. The van der Waals surface area contributed by atoms with Crippen molar-refractivity contribution in [3.05, 3.63) is 26.6 Å². The lowest BCUT2D eigenvalue weighted by Crippen LogP contribution is -2.12. The Bertz CT molecular complexity index is 443. The number of carbonyl (C=O) groups excluding carboxylic acids is 1. The van der Waals surface area contributed by atoms with Crippen LogP contribution in [0.3, 0.4) is 0 Å². The molecule has 0 bridgehead atoms. The van der Waals surface area contributed by atoms with E-state index in [0.29, 0.717) is 14.5 Å². The van der Waals surface area contributed by atoms with Gasteiger partial charge in [0.1, 0.15) is 5.69 Å². The fourth-order valence-corrected chi connectivity index (χ4v) is 2.79. The molecule has 0 fully saturated rings. The van der Waals surface area contributed by atoms with E-state index in [1.54, 1.807) is 29.5 Å². The molecule has 0 aliphatic rings. The highest BCUT2D eigenvalue weighted by Gasteiger charge is 2.20. The van der Waals surface area contributed by atoms with E-state index in [1.807, 2.05) is 0 Å². The van der Waals surface area contributed by atoms with Crippen molar-refractivity contribution in [1.82, 2.24) is 4.98 Å². The largest absolute Gasteiger partial charge is 0.466 e. The summed E-state index contributed by atoms with van der Waals surface area (Å²) in [5.74, 6) is -0.427. The smallest absolute Gasteiger partial charge is 0.310 e. The zero-order valence-corrected chi connectivity index (χ0v) is 13.3. The lowest BCUT2D eigenvalue weighted by atomic mass is 10.1. The van der Waals surface area contributed by atoms with Crippen molar-refractivity contribution in [2.75, 3.05) is 6.61 Å². The second kappa shape index (κ2) is 7.32. The van der Waals surface area contributed by atoms with Crippen molar-refractivity contribution in [2.45, 2.75) is 25.1 Å². The van der Waals surface area contributed by atoms with Crippen molar-refractivity contribution in [1.29, 1.82) is 0 Å². The summed E-state index contributed by atoms with van der Waals surface area (Å²) >= 11 is 5.05. The highest BCUT2D eigenvalue weighted by molar-refractivity contribution is 14.1. The Morgan fingerprint density at radius 2 is 2.28 bits per heavy atom. The molecule has 1 rings (SSSR count). The van der Waals surface area contributed by atoms with Crippen molar-refractivity contribution < 1.29 is 18.3 Å². The lowest BCUT2D eigenvalue weighted by Gasteiger charge is -2.12. The first-order valence-corrected chi connectivity index (χ1v) is 7.37. The van der Waals surface area contributed by atoms with Crippen LogP contribution in [-0.4, -0.2) is 17.6 Å². The summed E-state index contributed by atoms with van der Waals surface area (Å²) < 4.78 is 30.6. The topological polar surface area (TPSA) is 39.2 Å². The van der Waals surface area contributed by atoms with Gasteiger partial charge in [-0.3, -0.25) is 9.78 Å². The fraction of sp³-hybridized carbons (Fsp3) is 0.455. The molecule has 0 aliphatic carbocycles. The normalized spacial score (nSPS) is 10.8. The second-order valence-corrected chi connectivity index (χ2v) is 5.02. The van der Waals surface area contributed by atoms with Crippen LogP contribution in [0, 0.1) is 3.57 Å². The molecule has 0 atom stereocenters. The van der Waals surface area contributed by atoms with E-state index in [1.165, 1.54) is 6.20 Å². The molecule has 1 aromatic rings. The van der Waals surface area contributed by atoms with Gasteiger partial charge in [-0.1, -0.05) is 15.9 Å². The van der Waals surface area contributed by atoms with Crippen molar-refractivity contribution in [2.24, 2.45) is 0 Å². The zero-order chi connectivity index (χ0) is 13.7. The molecule has 0 aliphatic heterocycles. The summed E-state index contributed by atoms with van der Waals surface area (Å²) in [4.78, 5) is 15.2. The monoisotopic (exact) mass is 433 g/mol. The molecule has 1 aromatic heterocycles. The van der Waals surface area contributed by atoms with Crippen LogP contribution in [0.4, 0.5) is 8.78 Å². The number of alkyl halides is 3. The average Bonchev–Trinajstić information content (AvgIpc) is 2.31. The van der Waals surface area contributed by atoms with Crippen molar-refractivity contribution in [3.8, 4) is 0 Å². The average molecular weight is 434 g/mol. The predicted octanol–water partition coefficient (Wildman–Crippen LogP) is 3.62. The summed E-state index contributed by atoms with van der Waals surface area (Å²) in [6, 6.07) is 0. The van der Waals surface area contributed by atoms with Crippen LogP contribution in [0.1, 0.15) is 30.2 Å². The third kappa shape index (κ3) is 3.84. The van der Waals surface area contributed by atoms with Crippen LogP contribution < -0.4 is 0 Å². The number of aromatic nitrogens is 1. The van der Waals surface area contributed by atoms with E-state index in [4.69, 9.17) is 4.74 Å². The van der Waals surface area contributed by atoms with Crippen LogP contribution >= 0.6 is 38.5 Å². The third-order valence-corrected chi connectivity index (χ3v) is 4.02. The number of hydrogen-bond donors (Lipinski definition) is 0. The number of halogens is 4. The Morgan fingerprint density at radius 1 is 1.61 bits per heavy atom. The van der Waals surface area contributed by atoms with Crippen LogP contribution in [0.15, 0.2) is 6.20 Å². The Balaban J connectivity index is 3.13. The van der Waals surface area contributed by atoms with Gasteiger partial charge in [0.15, 0.2) is 0 Å². The fourth-order valence-electron chi connectivity index (χ4n) is 1.39. The second-order valence-electron chi connectivity index (χ2n) is 3.38. The highest BCUT2D eigenvalue weighted by Crippen LogP contribution is 2.28. The number of hydrogen-bond acceptors (Lipinski definition) is 3. The Kier molecular flexibility index (Phi) is 6.40. The Labute approximate surface area is 126 Å². The van der Waals surface area contributed by atoms with Gasteiger partial charge in [-0.15, -0.1) is 0 Å². The molecule has 3 nitrogen and oxygen atoms in total. The minimum absolute atomic E-state index is 0.0186. The van der Waals surface area contributed by atoms with E-state index in [2.05, 4.69) is 20.9 Å². The third-order valence-electron chi connectivity index (χ3n) is 2.21. The van der Waals surface area contributed by atoms with Crippen LogP contribution in [0.2, 0.25) is 0 Å². The van der Waals surface area contributed by atoms with Gasteiger partial charge < -0.3 is 4.74 Å². The summed E-state index contributed by atoms with van der Waals surface area (Å²) in [5, 5.41) is 0.453. The maximum absolute atomic E-state index is 12.7. The molecular weight excluding hydrogens is 423 g/mol. The highest BCUT2D eigenvalue weighted by atomic mass is 127. The van der Waals surface area contributed by atoms with E-state index in [-0.39, 0.29) is 18.7 Å². The zero-order valence-electron chi connectivity index (χ0n) is 9.55. The SMILES string of the molecule is CCOC(=O)Cc1c(CBr)cnc(C(F)F)c1I. The summed E-state index contributed by atoms with van der Waals surface area (Å²) in [5.41, 5.74) is 0.979. The lowest BCUT2D eigenvalue weighted by molar-refractivity contribution is -0.142. The molecule has 1 heterocycles. The van der Waals surface area contributed by atoms with Crippen LogP contribution in [0.5, 0.6) is 0 Å². The summed E-state index contributed by atoms with van der Waals surface area (Å²) in [7, 11) is 0. The maximum atomic E-state index is 12.7. The van der Waals surface area contributed by atoms with Crippen molar-refractivity contribution in [3.63, 3.8) is 0 Å². The Hall–Kier alpha value is -0.310. The van der Waals surface area contributed by atoms with E-state index >= 15 is 0 Å². The molecule has 0 amide bonds. The quantitative estimate of drug-likeness (QED) is 0.404. The first kappa shape index (κ1) is 15.7. The molecule has 0 aromatic carbocycles. The van der Waals surface area contributed by atoms with Crippen molar-refractivity contribution >= 4 is 44.5 Å². The van der Waals surface area contributed by atoms with E-state index < -0.39 is 12.4 Å². The molecule has 0 saturated carbocycles. The maximum Gasteiger partial charge on any atom is 0.310 e. The number of ether oxygens (including phenoxy) is 1. The first-order chi connectivity index (χ1) is 8.51. The first-order valence-electron chi connectivity index (χ1n) is 5.17. The van der Waals surface area contributed by atoms with Gasteiger partial charge in [0.05, 0.1) is 13.0 Å². The number of esters is 1. The number of nitrogens with zero attached hydrogens (tertiary/aromatic N) is 1. The molecular formula is C11H11BrF2INO2. The van der Waals surface area contributed by atoms with Gasteiger partial charge in [-0.05, 0) is 40.6 Å². The molecule has 100 valence electrons. The Morgan fingerprint density at radius 3 is 2.78 bits per heavy atom. The van der Waals surface area contributed by atoms with Gasteiger partial charge >= 0.3 is 5.97 Å². The molecule has 7 heteroatoms. The van der Waals surface area contributed by atoms with Gasteiger partial charge in [0, 0.05) is 15.1 Å². The molecule has 18 heavy (non-hydrogen) atoms. The summed E-state index contributed by atoms with van der Waals surface area (Å²) in [6.07, 6.45) is -1.30. The minimum Gasteiger partial charge on any atom is -0.466 e. The van der Waals surface area contributed by atoms with Gasteiger partial charge in [0.2, 0.25) is 0 Å². The van der Waals surface area contributed by atoms with Gasteiger partial charge in [-0.2, -0.15) is 0 Å². The van der Waals surface area contributed by atoms with Gasteiger partial charge in [0.25, 0.3) is 6.43 Å². The molecule has 0 radical (unpaired) electrons. The van der Waals surface area contributed by atoms with E-state index in [9.17, 15) is 13.6 Å². The number of pyridine rings is 1. The van der Waals surface area contributed by atoms with E-state index in [0.717, 1.165) is 5.56 Å². The standard InChI is InChI=1S/C11H11BrF2INO2/c1-2-18-8(17)3-7-6(4-12)5-16-10(9(7)15)11(13)14/h5,11H,2-4H2,1H3. The number of rotatable bonds is 5. The number of carbonyl (C=O) groups is 1. The van der Waals surface area contributed by atoms with Gasteiger partial charge in [-0.25, -0.2) is 8.78 Å².